The molecule has 0 aliphatic rings. The van der Waals surface area contributed by atoms with Gasteiger partial charge < -0.3 is 19.9 Å². The molecule has 0 unspecified atom stereocenters. The van der Waals surface area contributed by atoms with E-state index in [4.69, 9.17) is 9.84 Å². The fourth-order valence-corrected chi connectivity index (χ4v) is 1.92. The lowest BCUT2D eigenvalue weighted by atomic mass is 10.1. The van der Waals surface area contributed by atoms with Crippen LogP contribution in [0.4, 0.5) is 18.0 Å². The third kappa shape index (κ3) is 8.83. The molecular formula is C16H20F3NO5. The predicted octanol–water partition coefficient (Wildman–Crippen LogP) is 3.50. The van der Waals surface area contributed by atoms with Crippen molar-refractivity contribution in [2.75, 3.05) is 0 Å². The second-order valence-corrected chi connectivity index (χ2v) is 6.27. The zero-order valence-electron chi connectivity index (χ0n) is 14.0. The van der Waals surface area contributed by atoms with Gasteiger partial charge in [0.05, 0.1) is 0 Å². The van der Waals surface area contributed by atoms with Crippen molar-refractivity contribution in [3.63, 3.8) is 0 Å². The number of aryl methyl sites for hydroxylation is 1. The van der Waals surface area contributed by atoms with E-state index in [1.807, 2.05) is 0 Å². The fraction of sp³-hybridized carbons (Fsp3) is 0.500. The van der Waals surface area contributed by atoms with Crippen LogP contribution >= 0.6 is 0 Å². The van der Waals surface area contributed by atoms with Gasteiger partial charge in [-0.25, -0.2) is 9.59 Å². The number of halogens is 3. The van der Waals surface area contributed by atoms with Crippen LogP contribution in [-0.4, -0.2) is 35.2 Å². The summed E-state index contributed by atoms with van der Waals surface area (Å²) < 4.78 is 45.4. The Bertz CT molecular complexity index is 611. The molecule has 2 N–H and O–H groups in total. The number of carboxylic acids is 1. The molecular weight excluding hydrogens is 343 g/mol. The van der Waals surface area contributed by atoms with Gasteiger partial charge in [0, 0.05) is 0 Å². The molecule has 0 aliphatic carbocycles. The SMILES string of the molecule is CC(C)(C)OC(=O)N[C@H](CCc1cccc(OC(F)(F)F)c1)C(=O)O. The highest BCUT2D eigenvalue weighted by Crippen LogP contribution is 2.23. The molecule has 1 aromatic rings. The number of alkyl halides is 3. The second kappa shape index (κ2) is 8.09. The van der Waals surface area contributed by atoms with E-state index in [-0.39, 0.29) is 12.8 Å². The van der Waals surface area contributed by atoms with Crippen molar-refractivity contribution < 1.29 is 37.3 Å². The van der Waals surface area contributed by atoms with Gasteiger partial charge in [0.25, 0.3) is 0 Å². The predicted molar refractivity (Wildman–Crippen MR) is 82.2 cm³/mol. The maximum Gasteiger partial charge on any atom is 0.573 e. The Kier molecular flexibility index (Phi) is 6.66. The third-order valence-corrected chi connectivity index (χ3v) is 2.84. The Morgan fingerprint density at radius 3 is 2.40 bits per heavy atom. The van der Waals surface area contributed by atoms with Crippen LogP contribution in [0.3, 0.4) is 0 Å². The summed E-state index contributed by atoms with van der Waals surface area (Å²) in [4.78, 5) is 22.9. The molecule has 1 aromatic carbocycles. The van der Waals surface area contributed by atoms with E-state index in [9.17, 15) is 22.8 Å². The van der Waals surface area contributed by atoms with E-state index in [1.165, 1.54) is 18.2 Å². The van der Waals surface area contributed by atoms with Crippen LogP contribution in [0.1, 0.15) is 32.8 Å². The number of carboxylic acid groups (broad SMARTS) is 1. The van der Waals surface area contributed by atoms with Gasteiger partial charge in [0.1, 0.15) is 17.4 Å². The first-order valence-electron chi connectivity index (χ1n) is 7.43. The molecule has 1 amide bonds. The van der Waals surface area contributed by atoms with Gasteiger partial charge in [0.2, 0.25) is 0 Å². The van der Waals surface area contributed by atoms with Crippen LogP contribution in [0.5, 0.6) is 5.75 Å². The summed E-state index contributed by atoms with van der Waals surface area (Å²) in [5.74, 6) is -1.66. The highest BCUT2D eigenvalue weighted by molar-refractivity contribution is 5.80. The minimum absolute atomic E-state index is 0.0238. The van der Waals surface area contributed by atoms with Gasteiger partial charge >= 0.3 is 18.4 Å². The fourth-order valence-electron chi connectivity index (χ4n) is 1.92. The van der Waals surface area contributed by atoms with Crippen molar-refractivity contribution in [2.45, 2.75) is 51.6 Å². The van der Waals surface area contributed by atoms with Gasteiger partial charge in [-0.05, 0) is 51.3 Å². The topological polar surface area (TPSA) is 84.9 Å². The van der Waals surface area contributed by atoms with Gasteiger partial charge in [-0.2, -0.15) is 0 Å². The minimum Gasteiger partial charge on any atom is -0.480 e. The number of alkyl carbamates (subject to hydrolysis) is 1. The highest BCUT2D eigenvalue weighted by Gasteiger charge is 2.31. The first-order valence-corrected chi connectivity index (χ1v) is 7.43. The number of carbonyl (C=O) groups excluding carboxylic acids is 1. The quantitative estimate of drug-likeness (QED) is 0.808. The zero-order valence-corrected chi connectivity index (χ0v) is 14.0. The number of rotatable bonds is 6. The molecule has 6 nitrogen and oxygen atoms in total. The summed E-state index contributed by atoms with van der Waals surface area (Å²) in [6.45, 7) is 4.90. The van der Waals surface area contributed by atoms with Crippen molar-refractivity contribution in [1.29, 1.82) is 0 Å². The summed E-state index contributed by atoms with van der Waals surface area (Å²) in [6, 6.07) is 3.98. The van der Waals surface area contributed by atoms with Crippen LogP contribution in [0, 0.1) is 0 Å². The summed E-state index contributed by atoms with van der Waals surface area (Å²) >= 11 is 0. The van der Waals surface area contributed by atoms with E-state index in [0.717, 1.165) is 6.07 Å². The van der Waals surface area contributed by atoms with Gasteiger partial charge in [-0.1, -0.05) is 12.1 Å². The lowest BCUT2D eigenvalue weighted by Crippen LogP contribution is -2.43. The second-order valence-electron chi connectivity index (χ2n) is 6.27. The maximum absolute atomic E-state index is 12.2. The van der Waals surface area contributed by atoms with Crippen molar-refractivity contribution in [1.82, 2.24) is 5.32 Å². The van der Waals surface area contributed by atoms with Crippen LogP contribution in [0.25, 0.3) is 0 Å². The van der Waals surface area contributed by atoms with E-state index in [0.29, 0.717) is 5.56 Å². The molecule has 0 heterocycles. The lowest BCUT2D eigenvalue weighted by molar-refractivity contribution is -0.274. The molecule has 0 saturated heterocycles. The molecule has 140 valence electrons. The van der Waals surface area contributed by atoms with Crippen LogP contribution in [0.2, 0.25) is 0 Å². The Morgan fingerprint density at radius 1 is 1.24 bits per heavy atom. The highest BCUT2D eigenvalue weighted by atomic mass is 19.4. The zero-order chi connectivity index (χ0) is 19.3. The van der Waals surface area contributed by atoms with E-state index >= 15 is 0 Å². The van der Waals surface area contributed by atoms with Crippen molar-refractivity contribution in [2.24, 2.45) is 0 Å². The van der Waals surface area contributed by atoms with Gasteiger partial charge in [-0.15, -0.1) is 13.2 Å². The normalized spacial score (nSPS) is 13.0. The Hall–Kier alpha value is -2.45. The van der Waals surface area contributed by atoms with E-state index < -0.39 is 35.8 Å². The third-order valence-electron chi connectivity index (χ3n) is 2.84. The molecule has 1 rings (SSSR count). The Labute approximate surface area is 142 Å². The number of carbonyl (C=O) groups is 2. The first-order chi connectivity index (χ1) is 11.4. The molecule has 1 atom stereocenters. The molecule has 0 bridgehead atoms. The molecule has 0 radical (unpaired) electrons. The van der Waals surface area contributed by atoms with Gasteiger partial charge in [-0.3, -0.25) is 0 Å². The number of amides is 1. The molecule has 0 aromatic heterocycles. The number of hydrogen-bond donors (Lipinski definition) is 2. The number of hydrogen-bond acceptors (Lipinski definition) is 4. The van der Waals surface area contributed by atoms with Crippen molar-refractivity contribution >= 4 is 12.1 Å². The van der Waals surface area contributed by atoms with Crippen LogP contribution < -0.4 is 10.1 Å². The minimum atomic E-state index is -4.81. The number of benzene rings is 1. The molecule has 0 saturated carbocycles. The summed E-state index contributed by atoms with van der Waals surface area (Å²) in [5, 5.41) is 11.4. The molecule has 0 fully saturated rings. The van der Waals surface area contributed by atoms with Crippen LogP contribution in [-0.2, 0) is 16.0 Å². The summed E-state index contributed by atoms with van der Waals surface area (Å²) in [6.07, 6.45) is -5.58. The monoisotopic (exact) mass is 363 g/mol. The average Bonchev–Trinajstić information content (AvgIpc) is 2.39. The Balaban J connectivity index is 2.67. The molecule has 0 aliphatic heterocycles. The lowest BCUT2D eigenvalue weighted by Gasteiger charge is -2.22. The largest absolute Gasteiger partial charge is 0.573 e. The average molecular weight is 363 g/mol. The van der Waals surface area contributed by atoms with Gasteiger partial charge in [0.15, 0.2) is 0 Å². The van der Waals surface area contributed by atoms with Crippen molar-refractivity contribution in [3.8, 4) is 5.75 Å². The summed E-state index contributed by atoms with van der Waals surface area (Å²) in [5.41, 5.74) is -0.338. The molecule has 25 heavy (non-hydrogen) atoms. The number of nitrogens with one attached hydrogen (secondary N) is 1. The van der Waals surface area contributed by atoms with Crippen LogP contribution in [0.15, 0.2) is 24.3 Å². The van der Waals surface area contributed by atoms with Crippen molar-refractivity contribution in [3.05, 3.63) is 29.8 Å². The summed E-state index contributed by atoms with van der Waals surface area (Å²) in [7, 11) is 0. The van der Waals surface area contributed by atoms with E-state index in [1.54, 1.807) is 20.8 Å². The number of ether oxygens (including phenoxy) is 2. The number of aliphatic carboxylic acids is 1. The van der Waals surface area contributed by atoms with E-state index in [2.05, 4.69) is 10.1 Å². The molecule has 9 heteroatoms. The Morgan fingerprint density at radius 2 is 1.88 bits per heavy atom. The molecule has 0 spiro atoms. The smallest absolute Gasteiger partial charge is 0.480 e. The first kappa shape index (κ1) is 20.6. The maximum atomic E-state index is 12.2. The standard InChI is InChI=1S/C16H20F3NO5/c1-15(2,3)25-14(23)20-12(13(21)22)8-7-10-5-4-6-11(9-10)24-16(17,18)19/h4-6,9,12H,7-8H2,1-3H3,(H,20,23)(H,21,22)/t12-/m1/s1.